The lowest BCUT2D eigenvalue weighted by Crippen LogP contribution is -2.48. The Morgan fingerprint density at radius 3 is 2.91 bits per heavy atom. The zero-order chi connectivity index (χ0) is 23.2. The summed E-state index contributed by atoms with van der Waals surface area (Å²) in [5.41, 5.74) is 8.44. The molecule has 0 spiro atoms. The highest BCUT2D eigenvalue weighted by Gasteiger charge is 2.33. The number of hydrogen-bond donors (Lipinski definition) is 2. The maximum atomic E-state index is 12.9. The predicted molar refractivity (Wildman–Crippen MR) is 121 cm³/mol. The van der Waals surface area contributed by atoms with E-state index in [0.717, 1.165) is 29.8 Å². The minimum Gasteiger partial charge on any atom is -0.352 e. The average Bonchev–Trinajstić information content (AvgIpc) is 3.50. The summed E-state index contributed by atoms with van der Waals surface area (Å²) in [7, 11) is 0. The fourth-order valence-corrected chi connectivity index (χ4v) is 4.25. The van der Waals surface area contributed by atoms with Gasteiger partial charge in [0, 0.05) is 48.9 Å². The Morgan fingerprint density at radius 1 is 1.27 bits per heavy atom. The minimum atomic E-state index is -0.686. The van der Waals surface area contributed by atoms with Crippen molar-refractivity contribution in [3.05, 3.63) is 65.2 Å². The van der Waals surface area contributed by atoms with Crippen LogP contribution in [0.25, 0.3) is 5.69 Å². The van der Waals surface area contributed by atoms with E-state index in [2.05, 4.69) is 25.8 Å². The number of aromatic nitrogens is 5. The Hall–Kier alpha value is -3.37. The smallest absolute Gasteiger partial charge is 0.240 e. The van der Waals surface area contributed by atoms with E-state index >= 15 is 0 Å². The number of tetrazole rings is 1. The van der Waals surface area contributed by atoms with Gasteiger partial charge in [0.05, 0.1) is 11.7 Å². The number of halogens is 1. The molecule has 3 heterocycles. The van der Waals surface area contributed by atoms with Crippen LogP contribution >= 0.6 is 11.6 Å². The normalized spacial score (nSPS) is 16.5. The molecule has 1 saturated heterocycles. The lowest BCUT2D eigenvalue weighted by Gasteiger charge is -2.27. The van der Waals surface area contributed by atoms with Crippen molar-refractivity contribution in [2.24, 2.45) is 5.73 Å². The predicted octanol–water partition coefficient (Wildman–Crippen LogP) is 1.28. The minimum absolute atomic E-state index is 0.147. The molecule has 0 radical (unpaired) electrons. The van der Waals surface area contributed by atoms with E-state index < -0.39 is 6.04 Å². The monoisotopic (exact) mass is 468 g/mol. The molecule has 1 aromatic carbocycles. The van der Waals surface area contributed by atoms with E-state index in [0.29, 0.717) is 18.0 Å². The van der Waals surface area contributed by atoms with Crippen LogP contribution < -0.4 is 11.1 Å². The average molecular weight is 469 g/mol. The molecule has 2 atom stereocenters. The number of benzene rings is 1. The van der Waals surface area contributed by atoms with Gasteiger partial charge in [-0.15, -0.1) is 5.10 Å². The van der Waals surface area contributed by atoms with Gasteiger partial charge in [-0.2, -0.15) is 0 Å². The second-order valence-corrected chi connectivity index (χ2v) is 8.40. The highest BCUT2D eigenvalue weighted by Crippen LogP contribution is 2.22. The molecule has 3 aromatic rings. The van der Waals surface area contributed by atoms with Crippen LogP contribution in [-0.2, 0) is 22.6 Å². The summed E-state index contributed by atoms with van der Waals surface area (Å²) in [5.74, 6) is -0.299. The molecule has 0 bridgehead atoms. The molecular formula is C22H25ClN8O2. The molecule has 2 amide bonds. The molecule has 1 aliphatic rings. The Labute approximate surface area is 196 Å². The van der Waals surface area contributed by atoms with Crippen molar-refractivity contribution in [3.8, 4) is 5.69 Å². The molecule has 0 saturated carbocycles. The van der Waals surface area contributed by atoms with E-state index in [1.54, 1.807) is 29.3 Å². The first-order valence-corrected chi connectivity index (χ1v) is 11.1. The van der Waals surface area contributed by atoms with Gasteiger partial charge in [-0.1, -0.05) is 17.7 Å². The van der Waals surface area contributed by atoms with Crippen LogP contribution in [0.2, 0.25) is 5.02 Å². The fourth-order valence-electron chi connectivity index (χ4n) is 4.05. The number of hydrogen-bond acceptors (Lipinski definition) is 7. The molecule has 10 nitrogen and oxygen atoms in total. The van der Waals surface area contributed by atoms with E-state index in [1.165, 1.54) is 11.0 Å². The van der Waals surface area contributed by atoms with Gasteiger partial charge in [0.2, 0.25) is 11.8 Å². The zero-order valence-corrected chi connectivity index (χ0v) is 18.7. The van der Waals surface area contributed by atoms with E-state index in [-0.39, 0.29) is 30.8 Å². The molecule has 1 aliphatic heterocycles. The Balaban J connectivity index is 1.35. The topological polar surface area (TPSA) is 132 Å². The number of pyridine rings is 1. The third kappa shape index (κ3) is 5.71. The van der Waals surface area contributed by atoms with Crippen LogP contribution in [0.1, 0.15) is 30.5 Å². The molecule has 0 unspecified atom stereocenters. The second kappa shape index (κ2) is 10.5. The van der Waals surface area contributed by atoms with Gasteiger partial charge in [-0.05, 0) is 59.2 Å². The second-order valence-electron chi connectivity index (χ2n) is 7.97. The van der Waals surface area contributed by atoms with Gasteiger partial charge < -0.3 is 16.0 Å². The summed E-state index contributed by atoms with van der Waals surface area (Å²) >= 11 is 6.14. The van der Waals surface area contributed by atoms with Crippen LogP contribution in [-0.4, -0.2) is 60.5 Å². The first-order valence-electron chi connectivity index (χ1n) is 10.8. The van der Waals surface area contributed by atoms with Gasteiger partial charge in [-0.3, -0.25) is 14.6 Å². The van der Waals surface area contributed by atoms with Gasteiger partial charge in [-0.25, -0.2) is 4.68 Å². The summed E-state index contributed by atoms with van der Waals surface area (Å²) in [4.78, 5) is 31.6. The molecule has 172 valence electrons. The summed E-state index contributed by atoms with van der Waals surface area (Å²) in [5, 5.41) is 14.7. The number of amides is 2. The molecule has 2 aromatic heterocycles. The van der Waals surface area contributed by atoms with E-state index in [4.69, 9.17) is 17.3 Å². The highest BCUT2D eigenvalue weighted by molar-refractivity contribution is 6.30. The van der Waals surface area contributed by atoms with Gasteiger partial charge >= 0.3 is 0 Å². The van der Waals surface area contributed by atoms with E-state index in [9.17, 15) is 9.59 Å². The van der Waals surface area contributed by atoms with Gasteiger partial charge in [0.1, 0.15) is 6.33 Å². The lowest BCUT2D eigenvalue weighted by molar-refractivity contribution is -0.134. The molecule has 1 fully saturated rings. The van der Waals surface area contributed by atoms with Crippen LogP contribution in [0, 0.1) is 0 Å². The Bertz CT molecular complexity index is 1090. The van der Waals surface area contributed by atoms with Crippen LogP contribution in [0.15, 0.2) is 48.9 Å². The highest BCUT2D eigenvalue weighted by atomic mass is 35.5. The van der Waals surface area contributed by atoms with Gasteiger partial charge in [0.15, 0.2) is 0 Å². The van der Waals surface area contributed by atoms with Crippen LogP contribution in [0.4, 0.5) is 0 Å². The van der Waals surface area contributed by atoms with Crippen molar-refractivity contribution < 1.29 is 9.59 Å². The van der Waals surface area contributed by atoms with Crippen molar-refractivity contribution in [2.75, 3.05) is 6.54 Å². The fraction of sp³-hybridized carbons (Fsp3) is 0.364. The number of nitrogens with one attached hydrogen (secondary N) is 1. The maximum Gasteiger partial charge on any atom is 0.240 e. The van der Waals surface area contributed by atoms with Crippen LogP contribution in [0.3, 0.4) is 0 Å². The summed E-state index contributed by atoms with van der Waals surface area (Å²) < 4.78 is 1.51. The number of nitrogens with zero attached hydrogens (tertiary/aromatic N) is 6. The molecule has 3 N–H and O–H groups in total. The van der Waals surface area contributed by atoms with Crippen molar-refractivity contribution in [2.45, 2.75) is 44.3 Å². The lowest BCUT2D eigenvalue weighted by atomic mass is 10.1. The number of likely N-dealkylation sites (tertiary alicyclic amines) is 1. The third-order valence-corrected chi connectivity index (χ3v) is 5.90. The van der Waals surface area contributed by atoms with Crippen molar-refractivity contribution in [3.63, 3.8) is 0 Å². The summed E-state index contributed by atoms with van der Waals surface area (Å²) in [6.07, 6.45) is 5.35. The first kappa shape index (κ1) is 22.8. The number of carbonyl (C=O) groups excluding carboxylic acids is 2. The molecule has 33 heavy (non-hydrogen) atoms. The van der Waals surface area contributed by atoms with Crippen molar-refractivity contribution >= 4 is 23.4 Å². The number of nitrogens with two attached hydrogens (primary N) is 1. The quantitative estimate of drug-likeness (QED) is 0.508. The maximum absolute atomic E-state index is 12.9. The largest absolute Gasteiger partial charge is 0.352 e. The SMILES string of the molecule is N[C@H](Cc1ccccn1)C(=O)N1CCC[C@H]1CC(=O)NCc1cc(Cl)ccc1-n1cnnn1. The third-order valence-electron chi connectivity index (χ3n) is 5.67. The molecule has 4 rings (SSSR count). The Kier molecular flexibility index (Phi) is 7.26. The molecular weight excluding hydrogens is 444 g/mol. The van der Waals surface area contributed by atoms with Crippen molar-refractivity contribution in [1.29, 1.82) is 0 Å². The molecule has 0 aliphatic carbocycles. The van der Waals surface area contributed by atoms with Gasteiger partial charge in [0.25, 0.3) is 0 Å². The van der Waals surface area contributed by atoms with Crippen LogP contribution in [0.5, 0.6) is 0 Å². The first-order chi connectivity index (χ1) is 16.0. The number of rotatable bonds is 8. The molecule has 11 heteroatoms. The van der Waals surface area contributed by atoms with E-state index in [1.807, 2.05) is 18.2 Å². The summed E-state index contributed by atoms with van der Waals surface area (Å²) in [6.45, 7) is 0.860. The Morgan fingerprint density at radius 2 is 2.15 bits per heavy atom. The summed E-state index contributed by atoms with van der Waals surface area (Å²) in [6, 6.07) is 9.97. The zero-order valence-electron chi connectivity index (χ0n) is 18.0. The standard InChI is InChI=1S/C22H25ClN8O2/c23-16-6-7-20(31-14-27-28-29-31)15(10-16)13-26-21(32)12-18-5-3-9-30(18)22(33)19(24)11-17-4-1-2-8-25-17/h1-2,4,6-8,10,14,18-19H,3,5,9,11-13,24H2,(H,26,32)/t18-,19+/m0/s1. The van der Waals surface area contributed by atoms with Crippen molar-refractivity contribution in [1.82, 2.24) is 35.4 Å². The number of carbonyl (C=O) groups is 2.